The van der Waals surface area contributed by atoms with Gasteiger partial charge in [0.1, 0.15) is 10.7 Å². The molecule has 3 rings (SSSR count). The molecule has 0 bridgehead atoms. The Morgan fingerprint density at radius 2 is 1.89 bits per heavy atom. The molecule has 0 unspecified atom stereocenters. The molecule has 9 heteroatoms. The lowest BCUT2D eigenvalue weighted by Gasteiger charge is -2.21. The fraction of sp³-hybridized carbons (Fsp3) is 0.263. The predicted molar refractivity (Wildman–Crippen MR) is 113 cm³/mol. The van der Waals surface area contributed by atoms with Gasteiger partial charge in [0.2, 0.25) is 10.0 Å². The number of amides is 1. The minimum atomic E-state index is -3.51. The fourth-order valence-corrected chi connectivity index (χ4v) is 5.27. The number of rotatable bonds is 7. The minimum Gasteiger partial charge on any atom is -0.347 e. The highest BCUT2D eigenvalue weighted by Crippen LogP contribution is 2.25. The van der Waals surface area contributed by atoms with Crippen molar-refractivity contribution in [1.82, 2.24) is 14.6 Å². The third kappa shape index (κ3) is 4.49. The highest BCUT2D eigenvalue weighted by atomic mass is 32.2. The number of thiazole rings is 1. The lowest BCUT2D eigenvalue weighted by Crippen LogP contribution is -2.33. The normalized spacial score (nSPS) is 11.9. The van der Waals surface area contributed by atoms with E-state index in [1.54, 1.807) is 48.0 Å². The summed E-state index contributed by atoms with van der Waals surface area (Å²) in [5.41, 5.74) is 2.20. The van der Waals surface area contributed by atoms with Crippen LogP contribution in [-0.4, -0.2) is 36.7 Å². The average Bonchev–Trinajstić information content (AvgIpc) is 3.37. The van der Waals surface area contributed by atoms with Gasteiger partial charge in [-0.15, -0.1) is 11.3 Å². The largest absolute Gasteiger partial charge is 0.347 e. The van der Waals surface area contributed by atoms with Crippen molar-refractivity contribution in [1.29, 1.82) is 0 Å². The van der Waals surface area contributed by atoms with Gasteiger partial charge in [-0.3, -0.25) is 4.79 Å². The third-order valence-electron chi connectivity index (χ3n) is 4.29. The molecule has 0 spiro atoms. The SMILES string of the molecule is CC(C)N(C)S(=O)(=O)c1ccc(CNC(=O)c2csc(-c3ccsc3)n2)cc1. The summed E-state index contributed by atoms with van der Waals surface area (Å²) in [5, 5.41) is 9.34. The van der Waals surface area contributed by atoms with Crippen molar-refractivity contribution in [2.75, 3.05) is 7.05 Å². The first kappa shape index (κ1) is 20.7. The quantitative estimate of drug-likeness (QED) is 0.612. The standard InChI is InChI=1S/C19H21N3O3S3/c1-13(2)22(3)28(24,25)16-6-4-14(5-7-16)10-20-18(23)17-12-27-19(21-17)15-8-9-26-11-15/h4-9,11-13H,10H2,1-3H3,(H,20,23). The minimum absolute atomic E-state index is 0.124. The summed E-state index contributed by atoms with van der Waals surface area (Å²) >= 11 is 3.02. The summed E-state index contributed by atoms with van der Waals surface area (Å²) in [5.74, 6) is -0.256. The second-order valence-corrected chi connectivity index (χ2v) is 10.1. The van der Waals surface area contributed by atoms with E-state index in [0.717, 1.165) is 16.1 Å². The molecular formula is C19H21N3O3S3. The Kier molecular flexibility index (Phi) is 6.29. The zero-order chi connectivity index (χ0) is 20.3. The number of sulfonamides is 1. The number of hydrogen-bond donors (Lipinski definition) is 1. The van der Waals surface area contributed by atoms with Gasteiger partial charge in [0.25, 0.3) is 5.91 Å². The molecule has 1 N–H and O–H groups in total. The van der Waals surface area contributed by atoms with Crippen molar-refractivity contribution in [2.45, 2.75) is 31.3 Å². The van der Waals surface area contributed by atoms with Crippen molar-refractivity contribution in [2.24, 2.45) is 0 Å². The first-order valence-electron chi connectivity index (χ1n) is 8.62. The third-order valence-corrected chi connectivity index (χ3v) is 7.91. The fourth-order valence-electron chi connectivity index (χ4n) is 2.39. The van der Waals surface area contributed by atoms with E-state index in [0.29, 0.717) is 12.2 Å². The van der Waals surface area contributed by atoms with E-state index in [-0.39, 0.29) is 16.8 Å². The summed E-state index contributed by atoms with van der Waals surface area (Å²) in [7, 11) is -1.95. The molecule has 0 saturated heterocycles. The maximum absolute atomic E-state index is 12.5. The van der Waals surface area contributed by atoms with E-state index in [1.807, 2.05) is 30.7 Å². The maximum Gasteiger partial charge on any atom is 0.271 e. The van der Waals surface area contributed by atoms with Gasteiger partial charge in [-0.2, -0.15) is 15.6 Å². The van der Waals surface area contributed by atoms with Crippen molar-refractivity contribution in [3.63, 3.8) is 0 Å². The molecule has 3 aromatic rings. The van der Waals surface area contributed by atoms with Gasteiger partial charge in [0, 0.05) is 36.0 Å². The van der Waals surface area contributed by atoms with Crippen LogP contribution in [0, 0.1) is 0 Å². The number of aromatic nitrogens is 1. The van der Waals surface area contributed by atoms with Crippen LogP contribution in [-0.2, 0) is 16.6 Å². The number of thiophene rings is 1. The average molecular weight is 436 g/mol. The lowest BCUT2D eigenvalue weighted by atomic mass is 10.2. The molecule has 0 radical (unpaired) electrons. The first-order chi connectivity index (χ1) is 13.3. The number of nitrogens with zero attached hydrogens (tertiary/aromatic N) is 2. The highest BCUT2D eigenvalue weighted by molar-refractivity contribution is 7.89. The van der Waals surface area contributed by atoms with Crippen molar-refractivity contribution < 1.29 is 13.2 Å². The van der Waals surface area contributed by atoms with Gasteiger partial charge < -0.3 is 5.32 Å². The van der Waals surface area contributed by atoms with Crippen molar-refractivity contribution in [3.05, 3.63) is 57.7 Å². The van der Waals surface area contributed by atoms with E-state index < -0.39 is 10.0 Å². The Morgan fingerprint density at radius 3 is 2.50 bits per heavy atom. The van der Waals surface area contributed by atoms with Crippen LogP contribution in [0.1, 0.15) is 29.9 Å². The van der Waals surface area contributed by atoms with E-state index in [1.165, 1.54) is 15.6 Å². The summed E-state index contributed by atoms with van der Waals surface area (Å²) in [6.07, 6.45) is 0. The Hall–Kier alpha value is -2.07. The van der Waals surface area contributed by atoms with Gasteiger partial charge in [-0.1, -0.05) is 12.1 Å². The number of carbonyl (C=O) groups is 1. The molecule has 148 valence electrons. The zero-order valence-corrected chi connectivity index (χ0v) is 18.2. The van der Waals surface area contributed by atoms with Crippen LogP contribution in [0.2, 0.25) is 0 Å². The molecule has 28 heavy (non-hydrogen) atoms. The second-order valence-electron chi connectivity index (χ2n) is 6.49. The molecule has 0 atom stereocenters. The molecule has 1 aromatic carbocycles. The van der Waals surface area contributed by atoms with Gasteiger partial charge in [-0.25, -0.2) is 13.4 Å². The Bertz CT molecular complexity index is 1040. The lowest BCUT2D eigenvalue weighted by molar-refractivity contribution is 0.0946. The topological polar surface area (TPSA) is 79.4 Å². The molecule has 0 saturated carbocycles. The molecule has 0 aliphatic heterocycles. The number of benzene rings is 1. The van der Waals surface area contributed by atoms with E-state index in [9.17, 15) is 13.2 Å². The summed E-state index contributed by atoms with van der Waals surface area (Å²) in [4.78, 5) is 16.9. The van der Waals surface area contributed by atoms with Crippen molar-refractivity contribution in [3.8, 4) is 10.6 Å². The number of hydrogen-bond acceptors (Lipinski definition) is 6. The highest BCUT2D eigenvalue weighted by Gasteiger charge is 2.22. The Labute approximate surface area is 172 Å². The molecule has 1 amide bonds. The van der Waals surface area contributed by atoms with Crippen LogP contribution in [0.25, 0.3) is 10.6 Å². The first-order valence-corrected chi connectivity index (χ1v) is 11.9. The Morgan fingerprint density at radius 1 is 1.18 bits per heavy atom. The maximum atomic E-state index is 12.5. The van der Waals surface area contributed by atoms with Crippen LogP contribution in [0.4, 0.5) is 0 Å². The van der Waals surface area contributed by atoms with Crippen LogP contribution in [0.5, 0.6) is 0 Å². The molecule has 0 aliphatic rings. The molecule has 0 fully saturated rings. The smallest absolute Gasteiger partial charge is 0.271 e. The molecule has 6 nitrogen and oxygen atoms in total. The number of carbonyl (C=O) groups excluding carboxylic acids is 1. The summed E-state index contributed by atoms with van der Waals surface area (Å²) in [6, 6.07) is 8.39. The molecule has 2 heterocycles. The van der Waals surface area contributed by atoms with Gasteiger partial charge in [0.05, 0.1) is 4.90 Å². The monoisotopic (exact) mass is 435 g/mol. The van der Waals surface area contributed by atoms with Crippen molar-refractivity contribution >= 4 is 38.6 Å². The zero-order valence-electron chi connectivity index (χ0n) is 15.7. The molecule has 0 aliphatic carbocycles. The summed E-state index contributed by atoms with van der Waals surface area (Å²) < 4.78 is 26.3. The van der Waals surface area contributed by atoms with Crippen LogP contribution >= 0.6 is 22.7 Å². The van der Waals surface area contributed by atoms with Gasteiger partial charge >= 0.3 is 0 Å². The molecular weight excluding hydrogens is 414 g/mol. The van der Waals surface area contributed by atoms with Gasteiger partial charge in [0.15, 0.2) is 0 Å². The van der Waals surface area contributed by atoms with Crippen LogP contribution in [0.15, 0.2) is 51.4 Å². The van der Waals surface area contributed by atoms with E-state index in [2.05, 4.69) is 10.3 Å². The van der Waals surface area contributed by atoms with Crippen LogP contribution < -0.4 is 5.32 Å². The molecule has 2 aromatic heterocycles. The predicted octanol–water partition coefficient (Wildman–Crippen LogP) is 3.83. The van der Waals surface area contributed by atoms with Gasteiger partial charge in [-0.05, 0) is 43.0 Å². The summed E-state index contributed by atoms with van der Waals surface area (Å²) in [6.45, 7) is 3.94. The Balaban J connectivity index is 1.63. The van der Waals surface area contributed by atoms with E-state index >= 15 is 0 Å². The van der Waals surface area contributed by atoms with Crippen LogP contribution in [0.3, 0.4) is 0 Å². The second kappa shape index (κ2) is 8.52. The number of nitrogens with one attached hydrogen (secondary N) is 1. The van der Waals surface area contributed by atoms with E-state index in [4.69, 9.17) is 0 Å².